The SMILES string of the molecule is CC1CN(C(=O)CN2CCN(Cc3cn4ccccc4n3)CC2)CC(C)O1. The highest BCUT2D eigenvalue weighted by molar-refractivity contribution is 5.78. The molecule has 0 bridgehead atoms. The molecule has 2 unspecified atom stereocenters. The van der Waals surface area contributed by atoms with Crippen molar-refractivity contribution in [2.45, 2.75) is 32.6 Å². The van der Waals surface area contributed by atoms with Crippen molar-refractivity contribution >= 4 is 11.6 Å². The zero-order chi connectivity index (χ0) is 18.8. The van der Waals surface area contributed by atoms with Crippen molar-refractivity contribution in [3.63, 3.8) is 0 Å². The van der Waals surface area contributed by atoms with Crippen LogP contribution in [0.3, 0.4) is 0 Å². The standard InChI is InChI=1S/C20H29N5O2/c1-16-11-25(12-17(2)27-16)20(26)15-23-9-7-22(8-10-23)13-18-14-24-6-4-3-5-19(24)21-18/h3-6,14,16-17H,7-13,15H2,1-2H3. The molecule has 4 rings (SSSR count). The lowest BCUT2D eigenvalue weighted by Crippen LogP contribution is -2.53. The van der Waals surface area contributed by atoms with Crippen molar-refractivity contribution in [1.82, 2.24) is 24.1 Å². The number of piperazine rings is 1. The predicted molar refractivity (Wildman–Crippen MR) is 103 cm³/mol. The number of morpholine rings is 1. The highest BCUT2D eigenvalue weighted by Gasteiger charge is 2.28. The molecule has 2 aliphatic heterocycles. The van der Waals surface area contributed by atoms with Gasteiger partial charge in [0.15, 0.2) is 0 Å². The predicted octanol–water partition coefficient (Wildman–Crippen LogP) is 1.09. The fourth-order valence-electron chi connectivity index (χ4n) is 4.07. The number of hydrogen-bond acceptors (Lipinski definition) is 5. The van der Waals surface area contributed by atoms with Gasteiger partial charge in [0.1, 0.15) is 5.65 Å². The van der Waals surface area contributed by atoms with Crippen molar-refractivity contribution in [1.29, 1.82) is 0 Å². The fourth-order valence-corrected chi connectivity index (χ4v) is 4.07. The number of carbonyl (C=O) groups excluding carboxylic acids is 1. The quantitative estimate of drug-likeness (QED) is 0.805. The Balaban J connectivity index is 1.25. The third-order valence-electron chi connectivity index (χ3n) is 5.40. The van der Waals surface area contributed by atoms with Crippen molar-refractivity contribution in [3.8, 4) is 0 Å². The van der Waals surface area contributed by atoms with Crippen molar-refractivity contribution in [3.05, 3.63) is 36.3 Å². The van der Waals surface area contributed by atoms with Crippen molar-refractivity contribution in [2.24, 2.45) is 0 Å². The van der Waals surface area contributed by atoms with Crippen LogP contribution >= 0.6 is 0 Å². The summed E-state index contributed by atoms with van der Waals surface area (Å²) in [7, 11) is 0. The lowest BCUT2D eigenvalue weighted by molar-refractivity contribution is -0.144. The molecule has 0 saturated carbocycles. The third kappa shape index (κ3) is 4.48. The van der Waals surface area contributed by atoms with Crippen LogP contribution in [0.15, 0.2) is 30.6 Å². The number of aromatic nitrogens is 2. The first kappa shape index (κ1) is 18.4. The van der Waals surface area contributed by atoms with Gasteiger partial charge in [-0.25, -0.2) is 4.98 Å². The topological polar surface area (TPSA) is 53.3 Å². The van der Waals surface area contributed by atoms with E-state index in [1.165, 1.54) is 0 Å². The van der Waals surface area contributed by atoms with Crippen LogP contribution in [0.2, 0.25) is 0 Å². The van der Waals surface area contributed by atoms with Crippen LogP contribution < -0.4 is 0 Å². The van der Waals surface area contributed by atoms with Gasteiger partial charge in [-0.1, -0.05) is 6.07 Å². The molecule has 2 aromatic heterocycles. The second kappa shape index (κ2) is 7.96. The minimum atomic E-state index is 0.125. The number of nitrogens with zero attached hydrogens (tertiary/aromatic N) is 5. The molecule has 0 spiro atoms. The van der Waals surface area contributed by atoms with Crippen LogP contribution in [0.25, 0.3) is 5.65 Å². The second-order valence-corrected chi connectivity index (χ2v) is 7.81. The van der Waals surface area contributed by atoms with Gasteiger partial charge in [-0.05, 0) is 26.0 Å². The fraction of sp³-hybridized carbons (Fsp3) is 0.600. The molecule has 0 N–H and O–H groups in total. The number of amides is 1. The third-order valence-corrected chi connectivity index (χ3v) is 5.40. The lowest BCUT2D eigenvalue weighted by Gasteiger charge is -2.38. The molecule has 2 atom stereocenters. The summed E-state index contributed by atoms with van der Waals surface area (Å²) >= 11 is 0. The molecule has 27 heavy (non-hydrogen) atoms. The zero-order valence-electron chi connectivity index (χ0n) is 16.3. The minimum Gasteiger partial charge on any atom is -0.372 e. The molecule has 0 radical (unpaired) electrons. The maximum absolute atomic E-state index is 12.6. The molecular formula is C20H29N5O2. The van der Waals surface area contributed by atoms with Gasteiger partial charge in [-0.3, -0.25) is 14.6 Å². The second-order valence-electron chi connectivity index (χ2n) is 7.81. The number of rotatable bonds is 4. The summed E-state index contributed by atoms with van der Waals surface area (Å²) in [4.78, 5) is 24.0. The van der Waals surface area contributed by atoms with Gasteiger partial charge in [0.2, 0.25) is 5.91 Å². The summed E-state index contributed by atoms with van der Waals surface area (Å²) < 4.78 is 7.79. The van der Waals surface area contributed by atoms with Crippen LogP contribution in [0.4, 0.5) is 0 Å². The van der Waals surface area contributed by atoms with E-state index < -0.39 is 0 Å². The molecule has 1 amide bonds. The number of imidazole rings is 1. The van der Waals surface area contributed by atoms with Gasteiger partial charge in [0.25, 0.3) is 0 Å². The summed E-state index contributed by atoms with van der Waals surface area (Å²) in [5.41, 5.74) is 2.09. The van der Waals surface area contributed by atoms with E-state index in [1.807, 2.05) is 43.1 Å². The summed E-state index contributed by atoms with van der Waals surface area (Å²) in [5, 5.41) is 0. The van der Waals surface area contributed by atoms with Gasteiger partial charge in [-0.15, -0.1) is 0 Å². The first-order valence-corrected chi connectivity index (χ1v) is 9.87. The number of ether oxygens (including phenoxy) is 1. The maximum Gasteiger partial charge on any atom is 0.236 e. The lowest BCUT2D eigenvalue weighted by atomic mass is 10.2. The van der Waals surface area contributed by atoms with E-state index >= 15 is 0 Å². The van der Waals surface area contributed by atoms with Crippen LogP contribution in [-0.2, 0) is 16.1 Å². The van der Waals surface area contributed by atoms with E-state index in [4.69, 9.17) is 4.74 Å². The summed E-state index contributed by atoms with van der Waals surface area (Å²) in [6.45, 7) is 10.6. The molecule has 2 aromatic rings. The van der Waals surface area contributed by atoms with Gasteiger partial charge in [0.05, 0.1) is 24.4 Å². The Morgan fingerprint density at radius 2 is 1.81 bits per heavy atom. The Bertz CT molecular complexity index is 741. The molecule has 7 heteroatoms. The van der Waals surface area contributed by atoms with E-state index in [1.54, 1.807) is 0 Å². The molecular weight excluding hydrogens is 342 g/mol. The van der Waals surface area contributed by atoms with Gasteiger partial charge in [-0.2, -0.15) is 0 Å². The van der Waals surface area contributed by atoms with Gasteiger partial charge < -0.3 is 14.0 Å². The highest BCUT2D eigenvalue weighted by atomic mass is 16.5. The smallest absolute Gasteiger partial charge is 0.236 e. The van der Waals surface area contributed by atoms with Crippen LogP contribution in [0.1, 0.15) is 19.5 Å². The summed E-state index contributed by atoms with van der Waals surface area (Å²) in [5.74, 6) is 0.228. The number of pyridine rings is 1. The van der Waals surface area contributed by atoms with Crippen molar-refractivity contribution < 1.29 is 9.53 Å². The molecule has 146 valence electrons. The van der Waals surface area contributed by atoms with Crippen LogP contribution in [0.5, 0.6) is 0 Å². The molecule has 0 aromatic carbocycles. The number of hydrogen-bond donors (Lipinski definition) is 0. The molecule has 0 aliphatic carbocycles. The normalized spacial score (nSPS) is 25.2. The largest absolute Gasteiger partial charge is 0.372 e. The Labute approximate surface area is 160 Å². The van der Waals surface area contributed by atoms with E-state index in [9.17, 15) is 4.79 Å². The molecule has 2 saturated heterocycles. The number of carbonyl (C=O) groups is 1. The Hall–Kier alpha value is -1.96. The van der Waals surface area contributed by atoms with Crippen LogP contribution in [-0.4, -0.2) is 88.0 Å². The van der Waals surface area contributed by atoms with Crippen LogP contribution in [0, 0.1) is 0 Å². The van der Waals surface area contributed by atoms with Gasteiger partial charge >= 0.3 is 0 Å². The minimum absolute atomic E-state index is 0.125. The van der Waals surface area contributed by atoms with E-state index in [0.717, 1.165) is 44.1 Å². The summed E-state index contributed by atoms with van der Waals surface area (Å²) in [6.07, 6.45) is 4.38. The van der Waals surface area contributed by atoms with E-state index in [-0.39, 0.29) is 18.1 Å². The summed E-state index contributed by atoms with van der Waals surface area (Å²) in [6, 6.07) is 6.06. The van der Waals surface area contributed by atoms with E-state index in [0.29, 0.717) is 19.6 Å². The van der Waals surface area contributed by atoms with Gasteiger partial charge in [0, 0.05) is 58.2 Å². The van der Waals surface area contributed by atoms with E-state index in [2.05, 4.69) is 25.4 Å². The molecule has 7 nitrogen and oxygen atoms in total. The first-order valence-electron chi connectivity index (χ1n) is 9.87. The maximum atomic E-state index is 12.6. The monoisotopic (exact) mass is 371 g/mol. The van der Waals surface area contributed by atoms with Crippen molar-refractivity contribution in [2.75, 3.05) is 45.8 Å². The Morgan fingerprint density at radius 1 is 1.11 bits per heavy atom. The first-order chi connectivity index (χ1) is 13.1. The average molecular weight is 371 g/mol. The molecule has 2 fully saturated rings. The average Bonchev–Trinajstić information content (AvgIpc) is 3.05. The Morgan fingerprint density at radius 3 is 2.52 bits per heavy atom. The highest BCUT2D eigenvalue weighted by Crippen LogP contribution is 2.13. The molecule has 2 aliphatic rings. The molecule has 4 heterocycles. The Kier molecular flexibility index (Phi) is 5.43. The number of fused-ring (bicyclic) bond motifs is 1. The zero-order valence-corrected chi connectivity index (χ0v) is 16.3.